The number of nitrogens with two attached hydrogens (primary N) is 1. The first kappa shape index (κ1) is 9.99. The van der Waals surface area contributed by atoms with Gasteiger partial charge in [-0.3, -0.25) is 4.68 Å². The highest BCUT2D eigenvalue weighted by molar-refractivity contribution is 5.46. The minimum absolute atomic E-state index is 0.579. The van der Waals surface area contributed by atoms with Gasteiger partial charge in [-0.25, -0.2) is 0 Å². The van der Waals surface area contributed by atoms with Crippen LogP contribution < -0.4 is 5.73 Å². The molecule has 2 N–H and O–H groups in total. The quantitative estimate of drug-likeness (QED) is 0.761. The lowest BCUT2D eigenvalue weighted by Gasteiger charge is -2.02. The molecular weight excluding hydrogens is 162 g/mol. The van der Waals surface area contributed by atoms with Crippen LogP contribution in [-0.4, -0.2) is 16.3 Å². The third-order valence-electron chi connectivity index (χ3n) is 1.65. The summed E-state index contributed by atoms with van der Waals surface area (Å²) in [6, 6.07) is 0. The third-order valence-corrected chi connectivity index (χ3v) is 1.65. The van der Waals surface area contributed by atoms with E-state index in [1.54, 1.807) is 0 Å². The average Bonchev–Trinajstić information content (AvgIpc) is 2.48. The van der Waals surface area contributed by atoms with Gasteiger partial charge in [-0.1, -0.05) is 26.0 Å². The first-order valence-electron chi connectivity index (χ1n) is 4.61. The van der Waals surface area contributed by atoms with Gasteiger partial charge in [-0.15, -0.1) is 0 Å². The summed E-state index contributed by atoms with van der Waals surface area (Å²) in [6.45, 7) is 5.90. The molecule has 0 aliphatic carbocycles. The fourth-order valence-corrected chi connectivity index (χ4v) is 1.14. The van der Waals surface area contributed by atoms with Crippen molar-refractivity contribution in [3.63, 3.8) is 0 Å². The molecule has 1 aromatic heterocycles. The molecule has 0 aliphatic heterocycles. The zero-order valence-corrected chi connectivity index (χ0v) is 8.27. The molecule has 0 radical (unpaired) electrons. The normalized spacial score (nSPS) is 11.7. The van der Waals surface area contributed by atoms with Crippen LogP contribution in [0.2, 0.25) is 0 Å². The maximum atomic E-state index is 5.35. The molecule has 0 fully saturated rings. The number of nitrogens with zero attached hydrogens (tertiary/aromatic N) is 2. The topological polar surface area (TPSA) is 43.8 Å². The minimum Gasteiger partial charge on any atom is -0.327 e. The van der Waals surface area contributed by atoms with Crippen LogP contribution in [0.4, 0.5) is 0 Å². The van der Waals surface area contributed by atoms with Crippen LogP contribution in [-0.2, 0) is 6.54 Å². The van der Waals surface area contributed by atoms with Gasteiger partial charge >= 0.3 is 0 Å². The zero-order valence-electron chi connectivity index (χ0n) is 8.27. The zero-order chi connectivity index (χ0) is 9.68. The first-order chi connectivity index (χ1) is 6.22. The van der Waals surface area contributed by atoms with Gasteiger partial charge in [-0.05, 0) is 5.92 Å². The Hall–Kier alpha value is -1.09. The van der Waals surface area contributed by atoms with Crippen LogP contribution in [0.15, 0.2) is 18.5 Å². The van der Waals surface area contributed by atoms with E-state index in [1.165, 1.54) is 0 Å². The van der Waals surface area contributed by atoms with Gasteiger partial charge in [0.25, 0.3) is 0 Å². The SMILES string of the molecule is CC(C)Cn1cc(C=CCN)cn1. The lowest BCUT2D eigenvalue weighted by molar-refractivity contribution is 0.483. The van der Waals surface area contributed by atoms with Crippen molar-refractivity contribution in [2.75, 3.05) is 6.54 Å². The molecule has 0 saturated heterocycles. The molecule has 3 heteroatoms. The van der Waals surface area contributed by atoms with Gasteiger partial charge in [0.05, 0.1) is 6.20 Å². The maximum absolute atomic E-state index is 5.35. The summed E-state index contributed by atoms with van der Waals surface area (Å²) in [5.74, 6) is 0.631. The second-order valence-corrected chi connectivity index (χ2v) is 3.53. The predicted octanol–water partition coefficient (Wildman–Crippen LogP) is 1.51. The van der Waals surface area contributed by atoms with Crippen LogP contribution >= 0.6 is 0 Å². The summed E-state index contributed by atoms with van der Waals surface area (Å²) < 4.78 is 1.96. The lowest BCUT2D eigenvalue weighted by atomic mass is 10.2. The highest BCUT2D eigenvalue weighted by atomic mass is 15.3. The Balaban J connectivity index is 2.58. The van der Waals surface area contributed by atoms with Gasteiger partial charge in [-0.2, -0.15) is 5.10 Å². The van der Waals surface area contributed by atoms with E-state index in [9.17, 15) is 0 Å². The summed E-state index contributed by atoms with van der Waals surface area (Å²) in [7, 11) is 0. The van der Waals surface area contributed by atoms with E-state index < -0.39 is 0 Å². The van der Waals surface area contributed by atoms with Crippen molar-refractivity contribution < 1.29 is 0 Å². The maximum Gasteiger partial charge on any atom is 0.0562 e. The van der Waals surface area contributed by atoms with Gasteiger partial charge in [0, 0.05) is 24.8 Å². The smallest absolute Gasteiger partial charge is 0.0562 e. The first-order valence-corrected chi connectivity index (χ1v) is 4.61. The van der Waals surface area contributed by atoms with Crippen LogP contribution in [0.25, 0.3) is 6.08 Å². The van der Waals surface area contributed by atoms with E-state index in [0.717, 1.165) is 12.1 Å². The molecule has 72 valence electrons. The third kappa shape index (κ3) is 3.42. The highest BCUT2D eigenvalue weighted by Gasteiger charge is 1.97. The van der Waals surface area contributed by atoms with E-state index in [2.05, 4.69) is 18.9 Å². The lowest BCUT2D eigenvalue weighted by Crippen LogP contribution is -2.03. The molecule has 0 unspecified atom stereocenters. The van der Waals surface area contributed by atoms with Gasteiger partial charge < -0.3 is 5.73 Å². The number of hydrogen-bond donors (Lipinski definition) is 1. The van der Waals surface area contributed by atoms with Crippen LogP contribution in [0.5, 0.6) is 0 Å². The molecule has 0 aliphatic rings. The van der Waals surface area contributed by atoms with Gasteiger partial charge in [0.15, 0.2) is 0 Å². The molecular formula is C10H17N3. The summed E-state index contributed by atoms with van der Waals surface area (Å²) >= 11 is 0. The van der Waals surface area contributed by atoms with Crippen molar-refractivity contribution in [2.24, 2.45) is 11.7 Å². The number of hydrogen-bond acceptors (Lipinski definition) is 2. The van der Waals surface area contributed by atoms with Crippen molar-refractivity contribution in [1.82, 2.24) is 9.78 Å². The van der Waals surface area contributed by atoms with Crippen LogP contribution in [0.3, 0.4) is 0 Å². The molecule has 13 heavy (non-hydrogen) atoms. The Bertz CT molecular complexity index is 273. The summed E-state index contributed by atoms with van der Waals surface area (Å²) in [5, 5.41) is 4.23. The Kier molecular flexibility index (Phi) is 3.71. The molecule has 1 aromatic rings. The Morgan fingerprint density at radius 3 is 3.00 bits per heavy atom. The summed E-state index contributed by atoms with van der Waals surface area (Å²) in [4.78, 5) is 0. The van der Waals surface area contributed by atoms with Crippen molar-refractivity contribution in [3.05, 3.63) is 24.0 Å². The fourth-order valence-electron chi connectivity index (χ4n) is 1.14. The van der Waals surface area contributed by atoms with E-state index in [0.29, 0.717) is 12.5 Å². The Labute approximate surface area is 79.2 Å². The fraction of sp³-hybridized carbons (Fsp3) is 0.500. The molecule has 0 amide bonds. The summed E-state index contributed by atoms with van der Waals surface area (Å²) in [5.41, 5.74) is 6.47. The van der Waals surface area contributed by atoms with Gasteiger partial charge in [0.1, 0.15) is 0 Å². The molecule has 0 aromatic carbocycles. The number of aromatic nitrogens is 2. The minimum atomic E-state index is 0.579. The molecule has 0 saturated carbocycles. The Morgan fingerprint density at radius 1 is 1.62 bits per heavy atom. The second kappa shape index (κ2) is 4.82. The molecule has 1 heterocycles. The van der Waals surface area contributed by atoms with Crippen LogP contribution in [0.1, 0.15) is 19.4 Å². The molecule has 1 rings (SSSR count). The van der Waals surface area contributed by atoms with Gasteiger partial charge in [0.2, 0.25) is 0 Å². The highest BCUT2D eigenvalue weighted by Crippen LogP contribution is 2.03. The Morgan fingerprint density at radius 2 is 2.38 bits per heavy atom. The van der Waals surface area contributed by atoms with Crippen molar-refractivity contribution in [1.29, 1.82) is 0 Å². The van der Waals surface area contributed by atoms with Crippen LogP contribution in [0, 0.1) is 5.92 Å². The largest absolute Gasteiger partial charge is 0.327 e. The summed E-state index contributed by atoms with van der Waals surface area (Å²) in [6.07, 6.45) is 7.81. The van der Waals surface area contributed by atoms with Crippen molar-refractivity contribution >= 4 is 6.08 Å². The number of rotatable bonds is 4. The van der Waals surface area contributed by atoms with Crippen molar-refractivity contribution in [2.45, 2.75) is 20.4 Å². The predicted molar refractivity (Wildman–Crippen MR) is 55.2 cm³/mol. The molecule has 0 atom stereocenters. The average molecular weight is 179 g/mol. The molecule has 0 bridgehead atoms. The second-order valence-electron chi connectivity index (χ2n) is 3.53. The van der Waals surface area contributed by atoms with Crippen molar-refractivity contribution in [3.8, 4) is 0 Å². The van der Waals surface area contributed by atoms with E-state index in [1.807, 2.05) is 29.2 Å². The van der Waals surface area contributed by atoms with E-state index in [-0.39, 0.29) is 0 Å². The standard InChI is InChI=1S/C10H17N3/c1-9(2)7-13-8-10(6-12-13)4-3-5-11/h3-4,6,8-9H,5,7,11H2,1-2H3. The molecule has 0 spiro atoms. The van der Waals surface area contributed by atoms with E-state index in [4.69, 9.17) is 5.73 Å². The van der Waals surface area contributed by atoms with E-state index >= 15 is 0 Å². The monoisotopic (exact) mass is 179 g/mol. The molecule has 3 nitrogen and oxygen atoms in total.